The van der Waals surface area contributed by atoms with Crippen LogP contribution in [0.1, 0.15) is 24.2 Å². The van der Waals surface area contributed by atoms with Crippen LogP contribution in [0.3, 0.4) is 0 Å². The summed E-state index contributed by atoms with van der Waals surface area (Å²) >= 11 is 3.20. The van der Waals surface area contributed by atoms with Crippen LogP contribution in [0.5, 0.6) is 0 Å². The summed E-state index contributed by atoms with van der Waals surface area (Å²) in [5.41, 5.74) is 0.476. The van der Waals surface area contributed by atoms with Crippen LogP contribution in [0, 0.1) is 0 Å². The molecule has 5 heteroatoms. The number of hydrogen-bond acceptors (Lipinski definition) is 3. The summed E-state index contributed by atoms with van der Waals surface area (Å²) in [4.78, 5) is 11.3. The SMILES string of the molecule is CCOC(=O)c1cn(CC)nc1Br. The molecule has 0 fully saturated rings. The molecule has 1 rings (SSSR count). The van der Waals surface area contributed by atoms with E-state index in [4.69, 9.17) is 4.74 Å². The van der Waals surface area contributed by atoms with Crippen LogP contribution in [0.2, 0.25) is 0 Å². The van der Waals surface area contributed by atoms with Gasteiger partial charge in [0.05, 0.1) is 6.61 Å². The molecule has 0 unspecified atom stereocenters. The number of aromatic nitrogens is 2. The minimum absolute atomic E-state index is 0.339. The predicted molar refractivity (Wildman–Crippen MR) is 51.6 cm³/mol. The molecule has 1 aromatic rings. The molecule has 0 spiro atoms. The van der Waals surface area contributed by atoms with Gasteiger partial charge in [0.15, 0.2) is 0 Å². The number of halogens is 1. The third-order valence-electron chi connectivity index (χ3n) is 1.54. The predicted octanol–water partition coefficient (Wildman–Crippen LogP) is 1.84. The van der Waals surface area contributed by atoms with Crippen LogP contribution in [-0.2, 0) is 11.3 Å². The van der Waals surface area contributed by atoms with E-state index in [1.807, 2.05) is 6.92 Å². The molecule has 0 amide bonds. The summed E-state index contributed by atoms with van der Waals surface area (Å²) in [6.07, 6.45) is 1.67. The molecule has 1 aromatic heterocycles. The van der Waals surface area contributed by atoms with Gasteiger partial charge in [-0.2, -0.15) is 5.10 Å². The maximum absolute atomic E-state index is 11.3. The standard InChI is InChI=1S/C8H11BrN2O2/c1-3-11-5-6(7(9)10-11)8(12)13-4-2/h5H,3-4H2,1-2H3. The van der Waals surface area contributed by atoms with Crippen molar-refractivity contribution >= 4 is 21.9 Å². The Morgan fingerprint density at radius 1 is 1.69 bits per heavy atom. The third-order valence-corrected chi connectivity index (χ3v) is 2.12. The average molecular weight is 247 g/mol. The molecule has 13 heavy (non-hydrogen) atoms. The van der Waals surface area contributed by atoms with Gasteiger partial charge in [-0.3, -0.25) is 4.68 Å². The van der Waals surface area contributed by atoms with E-state index in [1.54, 1.807) is 17.8 Å². The van der Waals surface area contributed by atoms with E-state index in [0.29, 0.717) is 16.8 Å². The summed E-state index contributed by atoms with van der Waals surface area (Å²) in [6.45, 7) is 4.84. The van der Waals surface area contributed by atoms with Gasteiger partial charge in [0.1, 0.15) is 10.2 Å². The van der Waals surface area contributed by atoms with E-state index in [2.05, 4.69) is 21.0 Å². The van der Waals surface area contributed by atoms with Crippen molar-refractivity contribution in [1.82, 2.24) is 9.78 Å². The van der Waals surface area contributed by atoms with Crippen LogP contribution in [0.25, 0.3) is 0 Å². The topological polar surface area (TPSA) is 44.1 Å². The molecular formula is C8H11BrN2O2. The molecule has 0 aromatic carbocycles. The smallest absolute Gasteiger partial charge is 0.342 e. The van der Waals surface area contributed by atoms with Gasteiger partial charge in [0.25, 0.3) is 0 Å². The summed E-state index contributed by atoms with van der Waals surface area (Å²) < 4.78 is 7.06. The molecule has 4 nitrogen and oxygen atoms in total. The number of esters is 1. The van der Waals surface area contributed by atoms with Gasteiger partial charge in [-0.25, -0.2) is 4.79 Å². The Hall–Kier alpha value is -0.840. The van der Waals surface area contributed by atoms with Crippen LogP contribution >= 0.6 is 15.9 Å². The van der Waals surface area contributed by atoms with Crippen molar-refractivity contribution < 1.29 is 9.53 Å². The van der Waals surface area contributed by atoms with Crippen LogP contribution < -0.4 is 0 Å². The molecule has 0 aliphatic rings. The first-order chi connectivity index (χ1) is 6.19. The van der Waals surface area contributed by atoms with Crippen molar-refractivity contribution in [3.05, 3.63) is 16.4 Å². The molecule has 0 saturated carbocycles. The number of rotatable bonds is 3. The van der Waals surface area contributed by atoms with Crippen molar-refractivity contribution in [2.45, 2.75) is 20.4 Å². The van der Waals surface area contributed by atoms with E-state index in [0.717, 1.165) is 6.54 Å². The third kappa shape index (κ3) is 2.30. The minimum Gasteiger partial charge on any atom is -0.462 e. The molecule has 72 valence electrons. The lowest BCUT2D eigenvalue weighted by atomic mass is 10.4. The van der Waals surface area contributed by atoms with Crippen molar-refractivity contribution in [1.29, 1.82) is 0 Å². The van der Waals surface area contributed by atoms with Gasteiger partial charge in [-0.05, 0) is 29.8 Å². The van der Waals surface area contributed by atoms with Gasteiger partial charge in [0, 0.05) is 12.7 Å². The zero-order valence-electron chi connectivity index (χ0n) is 7.58. The largest absolute Gasteiger partial charge is 0.462 e. The molecule has 0 radical (unpaired) electrons. The van der Waals surface area contributed by atoms with E-state index in [1.165, 1.54) is 0 Å². The van der Waals surface area contributed by atoms with Crippen LogP contribution in [-0.4, -0.2) is 22.4 Å². The Labute approximate surface area is 85.0 Å². The number of aryl methyl sites for hydroxylation is 1. The van der Waals surface area contributed by atoms with Gasteiger partial charge < -0.3 is 4.74 Å². The second-order valence-corrected chi connectivity index (χ2v) is 3.16. The molecule has 0 aliphatic heterocycles. The molecule has 0 bridgehead atoms. The molecule has 1 heterocycles. The first-order valence-electron chi connectivity index (χ1n) is 4.09. The Morgan fingerprint density at radius 2 is 2.38 bits per heavy atom. The number of carbonyl (C=O) groups is 1. The van der Waals surface area contributed by atoms with E-state index >= 15 is 0 Å². The van der Waals surface area contributed by atoms with Gasteiger partial charge in [-0.1, -0.05) is 0 Å². The van der Waals surface area contributed by atoms with Crippen molar-refractivity contribution in [2.24, 2.45) is 0 Å². The molecular weight excluding hydrogens is 236 g/mol. The monoisotopic (exact) mass is 246 g/mol. The lowest BCUT2D eigenvalue weighted by Gasteiger charge is -1.97. The van der Waals surface area contributed by atoms with E-state index in [-0.39, 0.29) is 5.97 Å². The highest BCUT2D eigenvalue weighted by atomic mass is 79.9. The van der Waals surface area contributed by atoms with Gasteiger partial charge in [0.2, 0.25) is 0 Å². The van der Waals surface area contributed by atoms with Crippen molar-refractivity contribution in [3.8, 4) is 0 Å². The maximum Gasteiger partial charge on any atom is 0.342 e. The number of hydrogen-bond donors (Lipinski definition) is 0. The van der Waals surface area contributed by atoms with E-state index in [9.17, 15) is 4.79 Å². The normalized spacial score (nSPS) is 10.1. The quantitative estimate of drug-likeness (QED) is 0.765. The summed E-state index contributed by atoms with van der Waals surface area (Å²) in [6, 6.07) is 0. The maximum atomic E-state index is 11.3. The number of ether oxygens (including phenoxy) is 1. The zero-order valence-corrected chi connectivity index (χ0v) is 9.17. The minimum atomic E-state index is -0.339. The van der Waals surface area contributed by atoms with Crippen LogP contribution in [0.15, 0.2) is 10.8 Å². The Morgan fingerprint density at radius 3 is 2.85 bits per heavy atom. The first kappa shape index (κ1) is 10.2. The Bertz CT molecular complexity index is 309. The highest BCUT2D eigenvalue weighted by Gasteiger charge is 2.14. The lowest BCUT2D eigenvalue weighted by molar-refractivity contribution is 0.0525. The molecule has 0 atom stereocenters. The average Bonchev–Trinajstić information content (AvgIpc) is 2.47. The fourth-order valence-electron chi connectivity index (χ4n) is 0.906. The summed E-state index contributed by atoms with van der Waals surface area (Å²) in [5.74, 6) is -0.339. The number of nitrogens with zero attached hydrogens (tertiary/aromatic N) is 2. The lowest BCUT2D eigenvalue weighted by Crippen LogP contribution is -2.04. The Balaban J connectivity index is 2.87. The number of carbonyl (C=O) groups excluding carboxylic acids is 1. The van der Waals surface area contributed by atoms with Crippen molar-refractivity contribution in [2.75, 3.05) is 6.61 Å². The highest BCUT2D eigenvalue weighted by molar-refractivity contribution is 9.10. The van der Waals surface area contributed by atoms with Gasteiger partial charge in [-0.15, -0.1) is 0 Å². The fourth-order valence-corrected chi connectivity index (χ4v) is 1.37. The molecule has 0 aliphatic carbocycles. The second-order valence-electron chi connectivity index (χ2n) is 2.41. The van der Waals surface area contributed by atoms with E-state index < -0.39 is 0 Å². The Kier molecular flexibility index (Phi) is 3.48. The van der Waals surface area contributed by atoms with Gasteiger partial charge >= 0.3 is 5.97 Å². The molecule has 0 N–H and O–H groups in total. The van der Waals surface area contributed by atoms with Crippen LogP contribution in [0.4, 0.5) is 0 Å². The highest BCUT2D eigenvalue weighted by Crippen LogP contribution is 2.15. The molecule has 0 saturated heterocycles. The zero-order chi connectivity index (χ0) is 9.84. The fraction of sp³-hybridized carbons (Fsp3) is 0.500. The summed E-state index contributed by atoms with van der Waals surface area (Å²) in [5, 5.41) is 4.06. The summed E-state index contributed by atoms with van der Waals surface area (Å²) in [7, 11) is 0. The second kappa shape index (κ2) is 4.41. The first-order valence-corrected chi connectivity index (χ1v) is 4.88. The van der Waals surface area contributed by atoms with Crippen molar-refractivity contribution in [3.63, 3.8) is 0 Å².